The maximum Gasteiger partial charge on any atom is 0.276 e. The summed E-state index contributed by atoms with van der Waals surface area (Å²) in [7, 11) is 1.58. The highest BCUT2D eigenvalue weighted by Crippen LogP contribution is 2.32. The second-order valence-corrected chi connectivity index (χ2v) is 8.06. The third-order valence-corrected chi connectivity index (χ3v) is 5.26. The summed E-state index contributed by atoms with van der Waals surface area (Å²) in [4.78, 5) is 23.6. The number of methoxy groups -OCH3 is 1. The number of aryl methyl sites for hydroxylation is 1. The minimum absolute atomic E-state index is 0.0782. The average molecular weight is 509 g/mol. The number of non-ortho nitro benzene ring substituents is 1. The van der Waals surface area contributed by atoms with Gasteiger partial charge < -0.3 is 19.5 Å². The third kappa shape index (κ3) is 6.10. The lowest BCUT2D eigenvalue weighted by molar-refractivity contribution is -0.384. The summed E-state index contributed by atoms with van der Waals surface area (Å²) in [6.07, 6.45) is 1.59. The normalized spacial score (nSPS) is 10.5. The molecule has 0 unspecified atom stereocenters. The Balaban J connectivity index is 1.45. The smallest absolute Gasteiger partial charge is 0.276 e. The minimum Gasteiger partial charge on any atom is -0.497 e. The number of nitrogens with one attached hydrogen (secondary N) is 1. The fourth-order valence-corrected chi connectivity index (χ4v) is 3.46. The first-order valence-electron chi connectivity index (χ1n) is 10.7. The van der Waals surface area contributed by atoms with Crippen LogP contribution in [-0.2, 0) is 6.73 Å². The van der Waals surface area contributed by atoms with Crippen molar-refractivity contribution in [3.63, 3.8) is 0 Å². The molecule has 36 heavy (non-hydrogen) atoms. The molecule has 11 heteroatoms. The molecular formula is C25H21ClN4O6. The number of amides is 1. The molecule has 4 rings (SSSR count). The van der Waals surface area contributed by atoms with Gasteiger partial charge in [-0.3, -0.25) is 14.9 Å². The molecule has 10 nitrogen and oxygen atoms in total. The monoisotopic (exact) mass is 508 g/mol. The Bertz CT molecular complexity index is 1400. The zero-order valence-corrected chi connectivity index (χ0v) is 20.1. The summed E-state index contributed by atoms with van der Waals surface area (Å²) in [6, 6.07) is 17.6. The van der Waals surface area contributed by atoms with Gasteiger partial charge in [0.25, 0.3) is 11.6 Å². The minimum atomic E-state index is -0.567. The van der Waals surface area contributed by atoms with Crippen LogP contribution in [0.4, 0.5) is 11.4 Å². The van der Waals surface area contributed by atoms with Gasteiger partial charge in [0.1, 0.15) is 23.0 Å². The van der Waals surface area contributed by atoms with Crippen molar-refractivity contribution in [2.75, 3.05) is 12.4 Å². The highest BCUT2D eigenvalue weighted by Gasteiger charge is 2.16. The fraction of sp³-hybridized carbons (Fsp3) is 0.120. The van der Waals surface area contributed by atoms with Gasteiger partial charge in [0, 0.05) is 23.4 Å². The van der Waals surface area contributed by atoms with Crippen molar-refractivity contribution in [1.29, 1.82) is 0 Å². The number of hydrogen-bond donors (Lipinski definition) is 1. The SMILES string of the molecule is COc1ccc(OCn2ccc(C(=O)Nc3cc(Oc4ccc(Cl)cc4C)cc([N+](=O)[O-])c3)n2)cc1. The maximum absolute atomic E-state index is 12.7. The number of carbonyl (C=O) groups is 1. The first kappa shape index (κ1) is 24.6. The molecule has 184 valence electrons. The van der Waals surface area contributed by atoms with Gasteiger partial charge in [0.05, 0.1) is 23.8 Å². The molecule has 0 aliphatic carbocycles. The fourth-order valence-electron chi connectivity index (χ4n) is 3.24. The van der Waals surface area contributed by atoms with E-state index in [4.69, 9.17) is 25.8 Å². The summed E-state index contributed by atoms with van der Waals surface area (Å²) in [5, 5.41) is 18.8. The third-order valence-electron chi connectivity index (χ3n) is 5.02. The first-order chi connectivity index (χ1) is 17.3. The zero-order chi connectivity index (χ0) is 25.7. The largest absolute Gasteiger partial charge is 0.497 e. The first-order valence-corrected chi connectivity index (χ1v) is 11.0. The highest BCUT2D eigenvalue weighted by molar-refractivity contribution is 6.30. The average Bonchev–Trinajstić information content (AvgIpc) is 3.34. The molecule has 3 aromatic carbocycles. The van der Waals surface area contributed by atoms with E-state index in [1.165, 1.54) is 28.9 Å². The van der Waals surface area contributed by atoms with E-state index in [0.717, 1.165) is 5.56 Å². The van der Waals surface area contributed by atoms with Gasteiger partial charge in [0.15, 0.2) is 12.4 Å². The van der Waals surface area contributed by atoms with E-state index < -0.39 is 10.8 Å². The number of halogens is 1. The van der Waals surface area contributed by atoms with Crippen LogP contribution in [0, 0.1) is 17.0 Å². The lowest BCUT2D eigenvalue weighted by Gasteiger charge is -2.11. The van der Waals surface area contributed by atoms with Crippen LogP contribution in [0.1, 0.15) is 16.1 Å². The zero-order valence-electron chi connectivity index (χ0n) is 19.3. The molecule has 4 aromatic rings. The van der Waals surface area contributed by atoms with Gasteiger partial charge in [-0.15, -0.1) is 0 Å². The second kappa shape index (κ2) is 10.8. The van der Waals surface area contributed by atoms with E-state index in [9.17, 15) is 14.9 Å². The van der Waals surface area contributed by atoms with Gasteiger partial charge in [0.2, 0.25) is 0 Å². The van der Waals surface area contributed by atoms with Crippen LogP contribution < -0.4 is 19.5 Å². The number of rotatable bonds is 9. The summed E-state index contributed by atoms with van der Waals surface area (Å²) in [5.41, 5.74) is 0.797. The van der Waals surface area contributed by atoms with Crippen LogP contribution in [0.15, 0.2) is 72.9 Å². The molecule has 0 spiro atoms. The number of nitro benzene ring substituents is 1. The van der Waals surface area contributed by atoms with E-state index in [1.54, 1.807) is 62.7 Å². The van der Waals surface area contributed by atoms with Crippen molar-refractivity contribution in [3.8, 4) is 23.0 Å². The van der Waals surface area contributed by atoms with Gasteiger partial charge in [-0.2, -0.15) is 5.10 Å². The quantitative estimate of drug-likeness (QED) is 0.223. The van der Waals surface area contributed by atoms with Crippen LogP contribution in [0.5, 0.6) is 23.0 Å². The van der Waals surface area contributed by atoms with Crippen LogP contribution in [0.3, 0.4) is 0 Å². The molecule has 0 bridgehead atoms. The van der Waals surface area contributed by atoms with Crippen molar-refractivity contribution in [1.82, 2.24) is 9.78 Å². The Kier molecular flexibility index (Phi) is 7.36. The Morgan fingerprint density at radius 2 is 1.81 bits per heavy atom. The summed E-state index contributed by atoms with van der Waals surface area (Å²) in [6.45, 7) is 1.88. The molecule has 0 saturated heterocycles. The molecule has 0 saturated carbocycles. The standard InChI is InChI=1S/C25H21ClN4O6/c1-16-11-17(26)3-8-24(16)36-22-13-18(12-19(14-22)30(32)33)27-25(31)23-9-10-29(28-23)15-35-21-6-4-20(34-2)5-7-21/h3-14H,15H2,1-2H3,(H,27,31). The van der Waals surface area contributed by atoms with Crippen LogP contribution in [0.2, 0.25) is 5.02 Å². The summed E-state index contributed by atoms with van der Waals surface area (Å²) >= 11 is 5.98. The van der Waals surface area contributed by atoms with Crippen molar-refractivity contribution >= 4 is 28.9 Å². The van der Waals surface area contributed by atoms with Crippen LogP contribution >= 0.6 is 11.6 Å². The number of nitro groups is 1. The van der Waals surface area contributed by atoms with Gasteiger partial charge in [-0.25, -0.2) is 4.68 Å². The van der Waals surface area contributed by atoms with Gasteiger partial charge in [-0.1, -0.05) is 11.6 Å². The number of hydrogen-bond acceptors (Lipinski definition) is 7. The molecule has 0 aliphatic rings. The molecule has 1 N–H and O–H groups in total. The topological polar surface area (TPSA) is 118 Å². The van der Waals surface area contributed by atoms with Gasteiger partial charge >= 0.3 is 0 Å². The predicted molar refractivity (Wildman–Crippen MR) is 133 cm³/mol. The molecule has 0 radical (unpaired) electrons. The second-order valence-electron chi connectivity index (χ2n) is 7.63. The van der Waals surface area contributed by atoms with E-state index in [1.807, 2.05) is 0 Å². The number of ether oxygens (including phenoxy) is 3. The van der Waals surface area contributed by atoms with Crippen LogP contribution in [0.25, 0.3) is 0 Å². The number of carbonyl (C=O) groups excluding carboxylic acids is 1. The van der Waals surface area contributed by atoms with E-state index in [0.29, 0.717) is 22.3 Å². The van der Waals surface area contributed by atoms with E-state index >= 15 is 0 Å². The predicted octanol–water partition coefficient (Wildman–Crippen LogP) is 5.84. The molecule has 1 heterocycles. The molecule has 0 atom stereocenters. The Morgan fingerprint density at radius 3 is 2.50 bits per heavy atom. The molecular weight excluding hydrogens is 488 g/mol. The Hall–Kier alpha value is -4.57. The molecule has 1 amide bonds. The number of aromatic nitrogens is 2. The summed E-state index contributed by atoms with van der Waals surface area (Å²) in [5.74, 6) is 1.43. The van der Waals surface area contributed by atoms with E-state index in [-0.39, 0.29) is 29.5 Å². The Morgan fingerprint density at radius 1 is 1.06 bits per heavy atom. The van der Waals surface area contributed by atoms with Crippen molar-refractivity contribution < 1.29 is 23.9 Å². The number of benzene rings is 3. The van der Waals surface area contributed by atoms with Crippen LogP contribution in [-0.4, -0.2) is 27.7 Å². The number of nitrogens with zero attached hydrogens (tertiary/aromatic N) is 3. The lowest BCUT2D eigenvalue weighted by atomic mass is 10.2. The molecule has 1 aromatic heterocycles. The molecule has 0 fully saturated rings. The van der Waals surface area contributed by atoms with Crippen molar-refractivity contribution in [2.24, 2.45) is 0 Å². The highest BCUT2D eigenvalue weighted by atomic mass is 35.5. The molecule has 0 aliphatic heterocycles. The lowest BCUT2D eigenvalue weighted by Crippen LogP contribution is -2.14. The van der Waals surface area contributed by atoms with Crippen molar-refractivity contribution in [2.45, 2.75) is 13.7 Å². The Labute approximate surface area is 211 Å². The summed E-state index contributed by atoms with van der Waals surface area (Å²) < 4.78 is 18.0. The van der Waals surface area contributed by atoms with Crippen molar-refractivity contribution in [3.05, 3.63) is 99.3 Å². The van der Waals surface area contributed by atoms with E-state index in [2.05, 4.69) is 10.4 Å². The maximum atomic E-state index is 12.7. The number of anilines is 1. The van der Waals surface area contributed by atoms with Gasteiger partial charge in [-0.05, 0) is 61.0 Å².